The lowest BCUT2D eigenvalue weighted by Gasteiger charge is -2.27. The average molecular weight is 505 g/mol. The van der Waals surface area contributed by atoms with Crippen LogP contribution in [-0.2, 0) is 16.1 Å². The van der Waals surface area contributed by atoms with Gasteiger partial charge in [0.25, 0.3) is 0 Å². The van der Waals surface area contributed by atoms with E-state index in [2.05, 4.69) is 11.1 Å². The zero-order chi connectivity index (χ0) is 25.8. The number of ether oxygens (including phenoxy) is 1. The van der Waals surface area contributed by atoms with Gasteiger partial charge in [-0.3, -0.25) is 9.78 Å². The Balaban J connectivity index is 0.000000429. The van der Waals surface area contributed by atoms with E-state index in [-0.39, 0.29) is 5.91 Å². The number of aromatic nitrogens is 1. The zero-order valence-electron chi connectivity index (χ0n) is 18.6. The van der Waals surface area contributed by atoms with Crippen LogP contribution in [0.1, 0.15) is 23.6 Å². The second kappa shape index (κ2) is 10.6. The maximum absolute atomic E-state index is 12.4. The molecule has 0 aliphatic carbocycles. The van der Waals surface area contributed by atoms with E-state index in [1.54, 1.807) is 31.3 Å². The number of nitrogens with zero attached hydrogens (tertiary/aromatic N) is 2. The summed E-state index contributed by atoms with van der Waals surface area (Å²) in [5.41, 5.74) is 5.79. The number of fused-ring (bicyclic) bond motifs is 2. The summed E-state index contributed by atoms with van der Waals surface area (Å²) >= 11 is 6.17. The Labute approximate surface area is 204 Å². The summed E-state index contributed by atoms with van der Waals surface area (Å²) in [6.07, 6.45) is 2.46. The molecule has 0 fully saturated rings. The van der Waals surface area contributed by atoms with E-state index in [1.807, 2.05) is 48.6 Å². The summed E-state index contributed by atoms with van der Waals surface area (Å²) in [5.74, 6) is -2.01. The first-order chi connectivity index (χ1) is 16.5. The van der Waals surface area contributed by atoms with E-state index in [0.717, 1.165) is 39.3 Å². The molecule has 0 unspecified atom stereocenters. The van der Waals surface area contributed by atoms with Gasteiger partial charge in [0.05, 0.1) is 19.3 Å². The van der Waals surface area contributed by atoms with Crippen LogP contribution >= 0.6 is 11.6 Å². The fraction of sp³-hybridized carbons (Fsp3) is 0.160. The number of carbonyl (C=O) groups excluding carboxylic acids is 1. The van der Waals surface area contributed by atoms with Crippen molar-refractivity contribution >= 4 is 41.3 Å². The number of rotatable bonds is 2. The van der Waals surface area contributed by atoms with E-state index < -0.39 is 12.1 Å². The highest BCUT2D eigenvalue weighted by molar-refractivity contribution is 6.30. The van der Waals surface area contributed by atoms with Gasteiger partial charge < -0.3 is 14.7 Å². The van der Waals surface area contributed by atoms with Crippen molar-refractivity contribution in [2.24, 2.45) is 0 Å². The molecule has 10 heteroatoms. The van der Waals surface area contributed by atoms with Crippen molar-refractivity contribution in [1.29, 1.82) is 0 Å². The van der Waals surface area contributed by atoms with Crippen LogP contribution in [0.5, 0.6) is 5.75 Å². The third-order valence-electron chi connectivity index (χ3n) is 5.13. The summed E-state index contributed by atoms with van der Waals surface area (Å²) in [7, 11) is 1.66. The number of carboxylic acids is 1. The lowest BCUT2D eigenvalue weighted by molar-refractivity contribution is -0.192. The summed E-state index contributed by atoms with van der Waals surface area (Å²) in [4.78, 5) is 27.2. The van der Waals surface area contributed by atoms with Gasteiger partial charge in [-0.25, -0.2) is 4.79 Å². The number of amides is 1. The normalized spacial score (nSPS) is 13.3. The molecule has 0 atom stereocenters. The maximum atomic E-state index is 12.4. The molecule has 1 N–H and O–H groups in total. The minimum atomic E-state index is -5.08. The first kappa shape index (κ1) is 25.8. The smallest absolute Gasteiger partial charge is 0.490 e. The van der Waals surface area contributed by atoms with Crippen LogP contribution in [0.25, 0.3) is 23.3 Å². The lowest BCUT2D eigenvalue weighted by atomic mass is 9.95. The number of carbonyl (C=O) groups is 2. The van der Waals surface area contributed by atoms with Gasteiger partial charge in [0.1, 0.15) is 5.75 Å². The highest BCUT2D eigenvalue weighted by Gasteiger charge is 2.38. The monoisotopic (exact) mass is 504 g/mol. The fourth-order valence-corrected chi connectivity index (χ4v) is 3.66. The molecule has 0 saturated heterocycles. The molecule has 0 spiro atoms. The number of benzene rings is 2. The maximum Gasteiger partial charge on any atom is 0.490 e. The Morgan fingerprint density at radius 3 is 2.26 bits per heavy atom. The van der Waals surface area contributed by atoms with E-state index >= 15 is 0 Å². The third-order valence-corrected chi connectivity index (χ3v) is 5.36. The topological polar surface area (TPSA) is 79.7 Å². The standard InChI is InChI=1S/C23H19ClN2O2.C2HF3O2/c1-15(27)26-14-19-12-21(16-7-9-25-10-8-16)23(28-2)13-17(19)3-4-18-11-20(24)5-6-22(18)26;3-2(4,5)1(6)7/h3-13H,14H2,1-2H3;(H,6,7)/b4-3-;. The van der Waals surface area contributed by atoms with Crippen LogP contribution in [0.4, 0.5) is 18.9 Å². The minimum absolute atomic E-state index is 0.0221. The number of pyridine rings is 1. The molecule has 1 aliphatic heterocycles. The third kappa shape index (κ3) is 6.19. The van der Waals surface area contributed by atoms with Crippen molar-refractivity contribution in [2.45, 2.75) is 19.6 Å². The van der Waals surface area contributed by atoms with Crippen molar-refractivity contribution in [3.8, 4) is 16.9 Å². The molecule has 0 bridgehead atoms. The highest BCUT2D eigenvalue weighted by atomic mass is 35.5. The van der Waals surface area contributed by atoms with Crippen LogP contribution in [0.2, 0.25) is 5.02 Å². The van der Waals surface area contributed by atoms with E-state index in [9.17, 15) is 18.0 Å². The first-order valence-electron chi connectivity index (χ1n) is 10.2. The number of anilines is 1. The molecule has 1 aromatic heterocycles. The average Bonchev–Trinajstić information content (AvgIpc) is 2.80. The minimum Gasteiger partial charge on any atom is -0.496 e. The van der Waals surface area contributed by atoms with Gasteiger partial charge in [0, 0.05) is 29.9 Å². The summed E-state index contributed by atoms with van der Waals surface area (Å²) in [6.45, 7) is 2.04. The zero-order valence-corrected chi connectivity index (χ0v) is 19.4. The first-order valence-corrected chi connectivity index (χ1v) is 10.6. The quantitative estimate of drug-likeness (QED) is 0.457. The van der Waals surface area contributed by atoms with Crippen LogP contribution in [0.15, 0.2) is 54.9 Å². The van der Waals surface area contributed by atoms with Gasteiger partial charge in [-0.1, -0.05) is 23.8 Å². The molecule has 0 radical (unpaired) electrons. The molecule has 2 aromatic carbocycles. The Morgan fingerprint density at radius 2 is 1.69 bits per heavy atom. The molecule has 2 heterocycles. The van der Waals surface area contributed by atoms with Gasteiger partial charge in [0.2, 0.25) is 5.91 Å². The van der Waals surface area contributed by atoms with Crippen molar-refractivity contribution in [3.63, 3.8) is 0 Å². The Morgan fingerprint density at radius 1 is 1.06 bits per heavy atom. The molecular formula is C25H20ClF3N2O4. The second-order valence-electron chi connectivity index (χ2n) is 7.43. The Hall–Kier alpha value is -3.85. The summed E-state index contributed by atoms with van der Waals surface area (Å²) < 4.78 is 37.4. The molecular weight excluding hydrogens is 485 g/mol. The number of carboxylic acid groups (broad SMARTS) is 1. The second-order valence-corrected chi connectivity index (χ2v) is 7.87. The van der Waals surface area contributed by atoms with Crippen molar-refractivity contribution < 1.29 is 32.6 Å². The summed E-state index contributed by atoms with van der Waals surface area (Å²) in [5, 5.41) is 7.76. The predicted octanol–water partition coefficient (Wildman–Crippen LogP) is 6.08. The number of hydrogen-bond donors (Lipinski definition) is 1. The van der Waals surface area contributed by atoms with E-state index in [1.165, 1.54) is 0 Å². The number of alkyl halides is 3. The van der Waals surface area contributed by atoms with Gasteiger partial charge in [-0.15, -0.1) is 0 Å². The van der Waals surface area contributed by atoms with Crippen LogP contribution in [0.3, 0.4) is 0 Å². The number of aliphatic carboxylic acids is 1. The van der Waals surface area contributed by atoms with E-state index in [4.69, 9.17) is 26.2 Å². The van der Waals surface area contributed by atoms with Crippen LogP contribution < -0.4 is 9.64 Å². The molecule has 4 rings (SSSR count). The van der Waals surface area contributed by atoms with Gasteiger partial charge in [-0.05, 0) is 64.7 Å². The largest absolute Gasteiger partial charge is 0.496 e. The van der Waals surface area contributed by atoms with Gasteiger partial charge in [-0.2, -0.15) is 13.2 Å². The molecule has 35 heavy (non-hydrogen) atoms. The van der Waals surface area contributed by atoms with E-state index in [0.29, 0.717) is 11.6 Å². The number of halogens is 4. The molecule has 6 nitrogen and oxygen atoms in total. The van der Waals surface area contributed by atoms with Gasteiger partial charge in [0.15, 0.2) is 0 Å². The fourth-order valence-electron chi connectivity index (χ4n) is 3.48. The van der Waals surface area contributed by atoms with Crippen molar-refractivity contribution in [1.82, 2.24) is 4.98 Å². The van der Waals surface area contributed by atoms with Crippen LogP contribution in [0, 0.1) is 0 Å². The van der Waals surface area contributed by atoms with Crippen molar-refractivity contribution in [3.05, 3.63) is 76.6 Å². The number of hydrogen-bond acceptors (Lipinski definition) is 4. The SMILES string of the molecule is COc1cc2c(cc1-c1ccncc1)CN(C(C)=O)c1ccc(Cl)cc1/C=C\2.O=C(O)C(F)(F)F. The highest BCUT2D eigenvalue weighted by Crippen LogP contribution is 2.37. The van der Waals surface area contributed by atoms with Crippen molar-refractivity contribution in [2.75, 3.05) is 12.0 Å². The van der Waals surface area contributed by atoms with Crippen LogP contribution in [-0.4, -0.2) is 35.3 Å². The molecule has 1 amide bonds. The molecule has 1 aliphatic rings. The molecule has 3 aromatic rings. The predicted molar refractivity (Wildman–Crippen MR) is 127 cm³/mol. The molecule has 182 valence electrons. The Bertz CT molecular complexity index is 1280. The molecule has 0 saturated carbocycles. The van der Waals surface area contributed by atoms with Gasteiger partial charge >= 0.3 is 12.1 Å². The Kier molecular flexibility index (Phi) is 7.81. The lowest BCUT2D eigenvalue weighted by Crippen LogP contribution is -2.29. The summed E-state index contributed by atoms with van der Waals surface area (Å²) in [6, 6.07) is 13.6. The number of methoxy groups -OCH3 is 1.